The maximum absolute atomic E-state index is 11.9. The molecule has 1 amide bonds. The molecule has 0 spiro atoms. The lowest BCUT2D eigenvalue weighted by Crippen LogP contribution is -2.32. The van der Waals surface area contributed by atoms with Crippen molar-refractivity contribution < 1.29 is 14.2 Å². The first-order valence-corrected chi connectivity index (χ1v) is 9.51. The molecule has 0 saturated heterocycles. The Labute approximate surface area is 189 Å². The number of nitrogens with zero attached hydrogens (tertiary/aromatic N) is 2. The second-order valence-corrected chi connectivity index (χ2v) is 6.97. The van der Waals surface area contributed by atoms with Gasteiger partial charge in [0.2, 0.25) is 11.5 Å². The minimum atomic E-state index is -0.444. The molecule has 2 aromatic carbocycles. The number of carbonyl (C=O) groups excluding carboxylic acids is 1. The lowest BCUT2D eigenvalue weighted by atomic mass is 10.2. The molecule has 4 N–H and O–H groups in total. The maximum Gasteiger partial charge on any atom is 0.277 e. The van der Waals surface area contributed by atoms with Crippen LogP contribution in [-0.4, -0.2) is 29.3 Å². The fourth-order valence-corrected chi connectivity index (χ4v) is 2.81. The van der Waals surface area contributed by atoms with Crippen molar-refractivity contribution in [1.82, 2.24) is 20.9 Å². The van der Waals surface area contributed by atoms with Crippen molar-refractivity contribution in [3.63, 3.8) is 0 Å². The van der Waals surface area contributed by atoms with Crippen LogP contribution in [0.25, 0.3) is 0 Å². The van der Waals surface area contributed by atoms with Gasteiger partial charge in [-0.25, -0.2) is 4.63 Å². The van der Waals surface area contributed by atoms with Gasteiger partial charge >= 0.3 is 0 Å². The van der Waals surface area contributed by atoms with Gasteiger partial charge in [-0.1, -0.05) is 35.3 Å². The van der Waals surface area contributed by atoms with Crippen molar-refractivity contribution in [2.24, 2.45) is 0 Å². The van der Waals surface area contributed by atoms with E-state index in [-0.39, 0.29) is 23.9 Å². The zero-order chi connectivity index (χ0) is 20.6. The summed E-state index contributed by atoms with van der Waals surface area (Å²) in [7, 11) is 0. The highest BCUT2D eigenvalue weighted by Gasteiger charge is 2.15. The molecular weight excluding hydrogens is 453 g/mol. The number of nitrogens with two attached hydrogens (primary N) is 1. The fourth-order valence-electron chi connectivity index (χ4n) is 2.49. The number of hydrogen-bond acceptors (Lipinski definition) is 7. The van der Waals surface area contributed by atoms with Gasteiger partial charge in [-0.05, 0) is 46.2 Å². The van der Waals surface area contributed by atoms with E-state index in [2.05, 4.69) is 25.6 Å². The van der Waals surface area contributed by atoms with Gasteiger partial charge in [-0.2, -0.15) is 0 Å². The zero-order valence-electron chi connectivity index (χ0n) is 15.7. The van der Waals surface area contributed by atoms with E-state index in [0.717, 1.165) is 16.9 Å². The van der Waals surface area contributed by atoms with Crippen LogP contribution < -0.4 is 21.1 Å². The van der Waals surface area contributed by atoms with Gasteiger partial charge in [0.1, 0.15) is 12.4 Å². The van der Waals surface area contributed by atoms with E-state index >= 15 is 0 Å². The number of aromatic nitrogens is 2. The van der Waals surface area contributed by atoms with Gasteiger partial charge in [0.25, 0.3) is 5.91 Å². The molecule has 0 aliphatic rings. The molecule has 160 valence electrons. The molecule has 1 aromatic heterocycles. The number of halogens is 3. The number of ether oxygens (including phenoxy) is 1. The molecule has 0 saturated carbocycles. The summed E-state index contributed by atoms with van der Waals surface area (Å²) in [6.45, 7) is 1.81. The first-order chi connectivity index (χ1) is 14.0. The number of rotatable bonds is 9. The number of nitrogen functional groups attached to an aromatic ring is 1. The van der Waals surface area contributed by atoms with Crippen LogP contribution >= 0.6 is 35.6 Å². The monoisotopic (exact) mass is 471 g/mol. The molecule has 0 aliphatic carbocycles. The SMILES string of the molecule is Cl.Nc1nonc1C(=O)NCCNCc1cc(Cl)ccc1OCc1ccc(Cl)cc1. The van der Waals surface area contributed by atoms with Crippen molar-refractivity contribution in [2.75, 3.05) is 18.8 Å². The molecule has 30 heavy (non-hydrogen) atoms. The molecule has 0 atom stereocenters. The molecule has 3 aromatic rings. The van der Waals surface area contributed by atoms with Crippen LogP contribution in [0.1, 0.15) is 21.6 Å². The largest absolute Gasteiger partial charge is 0.489 e. The minimum absolute atomic E-state index is 0. The van der Waals surface area contributed by atoms with Gasteiger partial charge in [-0.15, -0.1) is 12.4 Å². The summed E-state index contributed by atoms with van der Waals surface area (Å²) in [5.74, 6) is 0.236. The fraction of sp³-hybridized carbons (Fsp3) is 0.211. The Balaban J connectivity index is 0.00000320. The van der Waals surface area contributed by atoms with E-state index in [1.165, 1.54) is 0 Å². The van der Waals surface area contributed by atoms with Crippen molar-refractivity contribution in [3.8, 4) is 5.75 Å². The minimum Gasteiger partial charge on any atom is -0.489 e. The Morgan fingerprint density at radius 1 is 1.07 bits per heavy atom. The average molecular weight is 473 g/mol. The number of anilines is 1. The molecular formula is C19H20Cl3N5O3. The Morgan fingerprint density at radius 3 is 2.50 bits per heavy atom. The number of benzene rings is 2. The lowest BCUT2D eigenvalue weighted by Gasteiger charge is -2.13. The number of amides is 1. The second kappa shape index (κ2) is 11.6. The average Bonchev–Trinajstić information content (AvgIpc) is 3.14. The third kappa shape index (κ3) is 6.77. The van der Waals surface area contributed by atoms with Crippen LogP contribution in [0, 0.1) is 0 Å². The molecule has 0 aliphatic heterocycles. The predicted octanol–water partition coefficient (Wildman–Crippen LogP) is 3.48. The highest BCUT2D eigenvalue weighted by atomic mass is 35.5. The number of hydrogen-bond donors (Lipinski definition) is 3. The smallest absolute Gasteiger partial charge is 0.277 e. The van der Waals surface area contributed by atoms with Crippen LogP contribution in [-0.2, 0) is 13.2 Å². The van der Waals surface area contributed by atoms with Crippen LogP contribution in [0.3, 0.4) is 0 Å². The van der Waals surface area contributed by atoms with Gasteiger partial charge in [0, 0.05) is 35.2 Å². The maximum atomic E-state index is 11.9. The molecule has 11 heteroatoms. The van der Waals surface area contributed by atoms with Crippen LogP contribution in [0.4, 0.5) is 5.82 Å². The summed E-state index contributed by atoms with van der Waals surface area (Å²) in [4.78, 5) is 11.9. The van der Waals surface area contributed by atoms with E-state index in [0.29, 0.717) is 36.3 Å². The molecule has 3 rings (SSSR count). The third-order valence-electron chi connectivity index (χ3n) is 3.96. The standard InChI is InChI=1S/C19H19Cl2N5O3.ClH/c20-14-3-1-12(2-4-14)11-28-16-6-5-15(21)9-13(16)10-23-7-8-24-19(27)17-18(22)26-29-25-17;/h1-6,9,23H,7-8,10-11H2,(H2,22,26)(H,24,27);1H. The summed E-state index contributed by atoms with van der Waals surface area (Å²) in [5, 5.41) is 14.0. The van der Waals surface area contributed by atoms with Crippen molar-refractivity contribution in [2.45, 2.75) is 13.2 Å². The van der Waals surface area contributed by atoms with E-state index in [4.69, 9.17) is 33.7 Å². The third-order valence-corrected chi connectivity index (χ3v) is 4.45. The number of nitrogens with one attached hydrogen (secondary N) is 2. The zero-order valence-corrected chi connectivity index (χ0v) is 18.1. The Bertz CT molecular complexity index is 966. The Kier molecular flexibility index (Phi) is 9.19. The van der Waals surface area contributed by atoms with E-state index < -0.39 is 5.91 Å². The van der Waals surface area contributed by atoms with Crippen LogP contribution in [0.2, 0.25) is 10.0 Å². The quantitative estimate of drug-likeness (QED) is 0.408. The topological polar surface area (TPSA) is 115 Å². The van der Waals surface area contributed by atoms with Crippen molar-refractivity contribution in [3.05, 3.63) is 69.3 Å². The molecule has 0 bridgehead atoms. The van der Waals surface area contributed by atoms with E-state index in [1.54, 1.807) is 6.07 Å². The molecule has 8 nitrogen and oxygen atoms in total. The number of carbonyl (C=O) groups is 1. The van der Waals surface area contributed by atoms with Crippen LogP contribution in [0.15, 0.2) is 47.1 Å². The molecule has 0 fully saturated rings. The van der Waals surface area contributed by atoms with Gasteiger partial charge in [0.05, 0.1) is 0 Å². The first-order valence-electron chi connectivity index (χ1n) is 8.75. The van der Waals surface area contributed by atoms with Crippen LogP contribution in [0.5, 0.6) is 5.75 Å². The summed E-state index contributed by atoms with van der Waals surface area (Å²) in [5.41, 5.74) is 7.36. The Hall–Kier alpha value is -2.52. The highest BCUT2D eigenvalue weighted by molar-refractivity contribution is 6.30. The highest BCUT2D eigenvalue weighted by Crippen LogP contribution is 2.24. The van der Waals surface area contributed by atoms with Gasteiger partial charge in [0.15, 0.2) is 0 Å². The Morgan fingerprint density at radius 2 is 1.80 bits per heavy atom. The lowest BCUT2D eigenvalue weighted by molar-refractivity contribution is 0.0944. The normalized spacial score (nSPS) is 10.3. The predicted molar refractivity (Wildman–Crippen MR) is 117 cm³/mol. The van der Waals surface area contributed by atoms with E-state index in [9.17, 15) is 4.79 Å². The van der Waals surface area contributed by atoms with Gasteiger partial charge in [-0.3, -0.25) is 4.79 Å². The summed E-state index contributed by atoms with van der Waals surface area (Å²) < 4.78 is 10.3. The first kappa shape index (κ1) is 23.8. The summed E-state index contributed by atoms with van der Waals surface area (Å²) in [6.07, 6.45) is 0. The molecule has 0 unspecified atom stereocenters. The van der Waals surface area contributed by atoms with Gasteiger partial charge < -0.3 is 21.1 Å². The van der Waals surface area contributed by atoms with Crippen molar-refractivity contribution >= 4 is 47.3 Å². The molecule has 1 heterocycles. The molecule has 0 radical (unpaired) electrons. The summed E-state index contributed by atoms with van der Waals surface area (Å²) in [6, 6.07) is 12.9. The van der Waals surface area contributed by atoms with E-state index in [1.807, 2.05) is 36.4 Å². The second-order valence-electron chi connectivity index (χ2n) is 6.10. The summed E-state index contributed by atoms with van der Waals surface area (Å²) >= 11 is 12.0. The van der Waals surface area contributed by atoms with Crippen molar-refractivity contribution in [1.29, 1.82) is 0 Å².